The fourth-order valence-electron chi connectivity index (χ4n) is 2.04. The smallest absolute Gasteiger partial charge is 0.236 e. The molecule has 0 aliphatic carbocycles. The second-order valence-corrected chi connectivity index (χ2v) is 5.49. The van der Waals surface area contributed by atoms with Gasteiger partial charge >= 0.3 is 0 Å². The highest BCUT2D eigenvalue weighted by Gasteiger charge is 2.22. The maximum atomic E-state index is 11.7. The number of carbonyl (C=O) groups excluding carboxylic acids is 1. The molecule has 1 N–H and O–H groups in total. The molecule has 1 aliphatic rings. The molecule has 4 nitrogen and oxygen atoms in total. The molecule has 0 saturated carbocycles. The summed E-state index contributed by atoms with van der Waals surface area (Å²) in [7, 11) is 3.20. The van der Waals surface area contributed by atoms with E-state index in [1.807, 2.05) is 11.9 Å². The lowest BCUT2D eigenvalue weighted by Crippen LogP contribution is -2.43. The van der Waals surface area contributed by atoms with Gasteiger partial charge in [0, 0.05) is 34.3 Å². The lowest BCUT2D eigenvalue weighted by molar-refractivity contribution is -0.132. The summed E-state index contributed by atoms with van der Waals surface area (Å²) in [5, 5.41) is 2.91. The van der Waals surface area contributed by atoms with Crippen molar-refractivity contribution >= 4 is 36.3 Å². The molecular formula is C10H19IN2O2S. The number of piperidine rings is 1. The molecule has 0 aromatic carbocycles. The lowest BCUT2D eigenvalue weighted by atomic mass is 9.95. The molecule has 0 spiro atoms. The highest BCUT2D eigenvalue weighted by atomic mass is 127. The van der Waals surface area contributed by atoms with Crippen LogP contribution >= 0.6 is 30.4 Å². The van der Waals surface area contributed by atoms with Crippen molar-refractivity contribution in [2.75, 3.05) is 33.3 Å². The van der Waals surface area contributed by atoms with E-state index in [2.05, 4.69) is 26.5 Å². The number of hydrogen-bond acceptors (Lipinski definition) is 4. The van der Waals surface area contributed by atoms with Crippen LogP contribution in [0, 0.1) is 5.92 Å². The standard InChI is InChI=1S/C10H19IN2O2S/c1-12-7-10(14)13-5-2-3-9(8-13)4-6-15-16-11/h9,12H,2-8H2,1H3. The van der Waals surface area contributed by atoms with Gasteiger partial charge < -0.3 is 14.4 Å². The quantitative estimate of drug-likeness (QED) is 0.447. The van der Waals surface area contributed by atoms with Crippen LogP contribution in [-0.4, -0.2) is 44.1 Å². The third kappa shape index (κ3) is 5.20. The number of likely N-dealkylation sites (N-methyl/N-ethyl adjacent to an activating group) is 1. The maximum Gasteiger partial charge on any atom is 0.236 e. The van der Waals surface area contributed by atoms with Crippen LogP contribution in [0.4, 0.5) is 0 Å². The van der Waals surface area contributed by atoms with Gasteiger partial charge in [-0.05, 0) is 32.2 Å². The third-order valence-electron chi connectivity index (χ3n) is 2.85. The molecule has 0 bridgehead atoms. The van der Waals surface area contributed by atoms with Crippen LogP contribution in [0.15, 0.2) is 0 Å². The summed E-state index contributed by atoms with van der Waals surface area (Å²) >= 11 is 2.13. The maximum absolute atomic E-state index is 11.7. The first-order valence-corrected chi connectivity index (χ1v) is 8.89. The number of likely N-dealkylation sites (tertiary alicyclic amines) is 1. The molecule has 1 heterocycles. The van der Waals surface area contributed by atoms with Gasteiger partial charge in [0.15, 0.2) is 0 Å². The van der Waals surface area contributed by atoms with E-state index in [0.29, 0.717) is 12.5 Å². The summed E-state index contributed by atoms with van der Waals surface area (Å²) < 4.78 is 5.27. The number of nitrogens with zero attached hydrogens (tertiary/aromatic N) is 1. The molecule has 0 radical (unpaired) electrons. The third-order valence-corrected chi connectivity index (χ3v) is 3.87. The van der Waals surface area contributed by atoms with Gasteiger partial charge in [-0.25, -0.2) is 0 Å². The summed E-state index contributed by atoms with van der Waals surface area (Å²) in [6.45, 7) is 3.05. The molecule has 0 aromatic heterocycles. The zero-order chi connectivity index (χ0) is 11.8. The Balaban J connectivity index is 2.26. The second-order valence-electron chi connectivity index (χ2n) is 4.05. The Morgan fingerprint density at radius 2 is 2.50 bits per heavy atom. The van der Waals surface area contributed by atoms with Crippen molar-refractivity contribution in [3.8, 4) is 0 Å². The second kappa shape index (κ2) is 8.54. The average Bonchev–Trinajstić information content (AvgIpc) is 2.30. The summed E-state index contributed by atoms with van der Waals surface area (Å²) in [6.07, 6.45) is 3.40. The Morgan fingerprint density at radius 3 is 3.19 bits per heavy atom. The van der Waals surface area contributed by atoms with Crippen molar-refractivity contribution in [3.05, 3.63) is 0 Å². The molecule has 1 atom stereocenters. The van der Waals surface area contributed by atoms with Gasteiger partial charge in [0.05, 0.1) is 22.4 Å². The van der Waals surface area contributed by atoms with Crippen molar-refractivity contribution in [1.29, 1.82) is 0 Å². The van der Waals surface area contributed by atoms with Gasteiger partial charge in [0.2, 0.25) is 5.91 Å². The van der Waals surface area contributed by atoms with Gasteiger partial charge in [0.1, 0.15) is 0 Å². The highest BCUT2D eigenvalue weighted by molar-refractivity contribution is 14.2. The van der Waals surface area contributed by atoms with Crippen molar-refractivity contribution < 1.29 is 8.98 Å². The first kappa shape index (κ1) is 14.5. The molecule has 16 heavy (non-hydrogen) atoms. The Kier molecular flexibility index (Phi) is 7.76. The molecular weight excluding hydrogens is 339 g/mol. The van der Waals surface area contributed by atoms with E-state index in [0.717, 1.165) is 32.5 Å². The number of rotatable bonds is 6. The van der Waals surface area contributed by atoms with E-state index < -0.39 is 0 Å². The Labute approximate surface area is 114 Å². The Bertz CT molecular complexity index is 219. The molecule has 94 valence electrons. The van der Waals surface area contributed by atoms with Gasteiger partial charge in [-0.3, -0.25) is 4.79 Å². The number of nitrogens with one attached hydrogen (secondary N) is 1. The van der Waals surface area contributed by atoms with E-state index in [4.69, 9.17) is 4.18 Å². The summed E-state index contributed by atoms with van der Waals surface area (Å²) in [5.41, 5.74) is 0. The zero-order valence-corrected chi connectivity index (χ0v) is 12.6. The summed E-state index contributed by atoms with van der Waals surface area (Å²) in [6, 6.07) is 0. The number of halogens is 1. The minimum Gasteiger partial charge on any atom is -0.341 e. The van der Waals surface area contributed by atoms with Gasteiger partial charge in [-0.2, -0.15) is 0 Å². The number of carbonyl (C=O) groups is 1. The van der Waals surface area contributed by atoms with E-state index >= 15 is 0 Å². The van der Waals surface area contributed by atoms with Gasteiger partial charge in [0.25, 0.3) is 0 Å². The molecule has 1 saturated heterocycles. The molecule has 6 heteroatoms. The van der Waals surface area contributed by atoms with Crippen molar-refractivity contribution in [1.82, 2.24) is 10.2 Å². The normalized spacial score (nSPS) is 21.1. The fourth-order valence-corrected chi connectivity index (χ4v) is 2.74. The van der Waals surface area contributed by atoms with Crippen molar-refractivity contribution in [2.45, 2.75) is 19.3 Å². The van der Waals surface area contributed by atoms with Crippen LogP contribution in [0.1, 0.15) is 19.3 Å². The van der Waals surface area contributed by atoms with Gasteiger partial charge in [-0.1, -0.05) is 0 Å². The summed E-state index contributed by atoms with van der Waals surface area (Å²) in [5.74, 6) is 0.828. The predicted molar refractivity (Wildman–Crippen MR) is 75.4 cm³/mol. The van der Waals surface area contributed by atoms with Crippen LogP contribution in [0.25, 0.3) is 0 Å². The molecule has 1 unspecified atom stereocenters. The Morgan fingerprint density at radius 1 is 1.69 bits per heavy atom. The van der Waals surface area contributed by atoms with Gasteiger partial charge in [-0.15, -0.1) is 0 Å². The lowest BCUT2D eigenvalue weighted by Gasteiger charge is -2.32. The molecule has 1 amide bonds. The summed E-state index contributed by atoms with van der Waals surface area (Å²) in [4.78, 5) is 13.7. The number of amides is 1. The monoisotopic (exact) mass is 358 g/mol. The molecule has 1 rings (SSSR count). The average molecular weight is 358 g/mol. The molecule has 0 aromatic rings. The molecule has 1 aliphatic heterocycles. The topological polar surface area (TPSA) is 41.6 Å². The van der Waals surface area contributed by atoms with Crippen molar-refractivity contribution in [2.24, 2.45) is 5.92 Å². The van der Waals surface area contributed by atoms with Crippen LogP contribution in [0.3, 0.4) is 0 Å². The van der Waals surface area contributed by atoms with E-state index in [1.54, 1.807) is 0 Å². The number of hydrogen-bond donors (Lipinski definition) is 1. The first-order valence-electron chi connectivity index (χ1n) is 5.60. The SMILES string of the molecule is CNCC(=O)N1CCCC(CCOSI)C1. The van der Waals surface area contributed by atoms with E-state index in [-0.39, 0.29) is 5.91 Å². The molecule has 1 fully saturated rings. The van der Waals surface area contributed by atoms with Crippen LogP contribution in [0.5, 0.6) is 0 Å². The first-order chi connectivity index (χ1) is 7.77. The van der Waals surface area contributed by atoms with Crippen molar-refractivity contribution in [3.63, 3.8) is 0 Å². The van der Waals surface area contributed by atoms with Crippen LogP contribution in [0.2, 0.25) is 0 Å². The zero-order valence-electron chi connectivity index (χ0n) is 9.58. The fraction of sp³-hybridized carbons (Fsp3) is 0.900. The Hall–Kier alpha value is 0.470. The minimum atomic E-state index is 0.219. The van der Waals surface area contributed by atoms with Crippen LogP contribution < -0.4 is 5.32 Å². The predicted octanol–water partition coefficient (Wildman–Crippen LogP) is 1.85. The van der Waals surface area contributed by atoms with Crippen LogP contribution in [-0.2, 0) is 8.98 Å². The van der Waals surface area contributed by atoms with E-state index in [9.17, 15) is 4.79 Å². The van der Waals surface area contributed by atoms with E-state index in [1.165, 1.54) is 15.6 Å². The largest absolute Gasteiger partial charge is 0.341 e. The highest BCUT2D eigenvalue weighted by Crippen LogP contribution is 2.21. The minimum absolute atomic E-state index is 0.219.